The number of rotatable bonds is 4. The quantitative estimate of drug-likeness (QED) is 0.810. The lowest BCUT2D eigenvalue weighted by Gasteiger charge is -2.03. The molecule has 6 nitrogen and oxygen atoms in total. The highest BCUT2D eigenvalue weighted by Crippen LogP contribution is 2.30. The molecule has 0 radical (unpaired) electrons. The summed E-state index contributed by atoms with van der Waals surface area (Å²) in [6, 6.07) is 14.5. The lowest BCUT2D eigenvalue weighted by Crippen LogP contribution is -2.19. The highest BCUT2D eigenvalue weighted by atomic mass is 32.2. The van der Waals surface area contributed by atoms with E-state index in [4.69, 9.17) is 4.74 Å². The average molecular weight is 367 g/mol. The molecule has 0 aliphatic carbocycles. The van der Waals surface area contributed by atoms with Crippen LogP contribution in [0.4, 0.5) is 11.4 Å². The Kier molecular flexibility index (Phi) is 5.38. The number of amidine groups is 1. The van der Waals surface area contributed by atoms with Gasteiger partial charge in [0.1, 0.15) is 5.75 Å². The van der Waals surface area contributed by atoms with Crippen molar-refractivity contribution in [2.24, 2.45) is 4.99 Å². The Labute approximate surface area is 155 Å². The first-order chi connectivity index (χ1) is 12.5. The number of aliphatic imine (C=N–C) groups is 1. The number of methoxy groups -OCH3 is 1. The zero-order valence-corrected chi connectivity index (χ0v) is 15.1. The van der Waals surface area contributed by atoms with Gasteiger partial charge in [-0.15, -0.1) is 0 Å². The molecule has 2 aromatic rings. The van der Waals surface area contributed by atoms with Crippen molar-refractivity contribution in [1.29, 1.82) is 0 Å². The van der Waals surface area contributed by atoms with Crippen molar-refractivity contribution < 1.29 is 14.3 Å². The van der Waals surface area contributed by atoms with E-state index in [0.717, 1.165) is 5.56 Å². The first-order valence-electron chi connectivity index (χ1n) is 7.85. The molecule has 0 bridgehead atoms. The second-order valence-electron chi connectivity index (χ2n) is 5.45. The van der Waals surface area contributed by atoms with E-state index in [0.29, 0.717) is 27.2 Å². The Bertz CT molecular complexity index is 905. The number of ether oxygens (including phenoxy) is 1. The van der Waals surface area contributed by atoms with Crippen LogP contribution in [0.25, 0.3) is 6.08 Å². The SMILES string of the molecule is COc1ccccc1C=C1SC(=Nc2ccc(NC(C)=O)cc2)NC1=O. The number of para-hydroxylation sites is 1. The Morgan fingerprint density at radius 1 is 1.19 bits per heavy atom. The minimum Gasteiger partial charge on any atom is -0.496 e. The second kappa shape index (κ2) is 7.88. The van der Waals surface area contributed by atoms with Crippen molar-refractivity contribution in [2.75, 3.05) is 12.4 Å². The average Bonchev–Trinajstić information content (AvgIpc) is 2.96. The van der Waals surface area contributed by atoms with Crippen LogP contribution in [-0.2, 0) is 9.59 Å². The molecule has 132 valence electrons. The lowest BCUT2D eigenvalue weighted by atomic mass is 10.2. The van der Waals surface area contributed by atoms with E-state index in [9.17, 15) is 9.59 Å². The number of hydrogen-bond acceptors (Lipinski definition) is 5. The van der Waals surface area contributed by atoms with Gasteiger partial charge in [0, 0.05) is 18.2 Å². The van der Waals surface area contributed by atoms with Gasteiger partial charge in [0.25, 0.3) is 5.91 Å². The third-order valence-electron chi connectivity index (χ3n) is 3.49. The molecule has 0 atom stereocenters. The fourth-order valence-electron chi connectivity index (χ4n) is 2.35. The summed E-state index contributed by atoms with van der Waals surface area (Å²) in [7, 11) is 1.59. The maximum atomic E-state index is 12.2. The van der Waals surface area contributed by atoms with E-state index in [-0.39, 0.29) is 11.8 Å². The summed E-state index contributed by atoms with van der Waals surface area (Å²) in [6.45, 7) is 1.45. The fraction of sp³-hybridized carbons (Fsp3) is 0.105. The highest BCUT2D eigenvalue weighted by Gasteiger charge is 2.24. The summed E-state index contributed by atoms with van der Waals surface area (Å²) < 4.78 is 5.31. The van der Waals surface area contributed by atoms with Gasteiger partial charge in [-0.05, 0) is 48.2 Å². The predicted molar refractivity (Wildman–Crippen MR) is 105 cm³/mol. The Hall–Kier alpha value is -3.06. The zero-order valence-electron chi connectivity index (χ0n) is 14.3. The lowest BCUT2D eigenvalue weighted by molar-refractivity contribution is -0.115. The molecule has 0 spiro atoms. The van der Waals surface area contributed by atoms with Crippen molar-refractivity contribution >= 4 is 46.2 Å². The highest BCUT2D eigenvalue weighted by molar-refractivity contribution is 8.18. The van der Waals surface area contributed by atoms with Gasteiger partial charge in [-0.2, -0.15) is 0 Å². The molecule has 0 saturated carbocycles. The Balaban J connectivity index is 1.77. The van der Waals surface area contributed by atoms with Gasteiger partial charge < -0.3 is 15.4 Å². The first kappa shape index (κ1) is 17.8. The molecule has 26 heavy (non-hydrogen) atoms. The molecule has 1 saturated heterocycles. The zero-order chi connectivity index (χ0) is 18.5. The topological polar surface area (TPSA) is 79.8 Å². The number of amides is 2. The number of hydrogen-bond donors (Lipinski definition) is 2. The molecular formula is C19H17N3O3S. The predicted octanol–water partition coefficient (Wildman–Crippen LogP) is 3.55. The fourth-order valence-corrected chi connectivity index (χ4v) is 3.18. The summed E-state index contributed by atoms with van der Waals surface area (Å²) in [4.78, 5) is 28.2. The van der Waals surface area contributed by atoms with Crippen LogP contribution >= 0.6 is 11.8 Å². The standard InChI is InChI=1S/C19H17N3O3S/c1-12(23)20-14-7-9-15(10-8-14)21-19-22-18(24)17(26-19)11-13-5-3-4-6-16(13)25-2/h3-11H,1-2H3,(H,20,23)(H,21,22,24). The van der Waals surface area contributed by atoms with Gasteiger partial charge in [-0.3, -0.25) is 9.59 Å². The summed E-state index contributed by atoms with van der Waals surface area (Å²) in [5, 5.41) is 5.95. The number of benzene rings is 2. The number of nitrogens with zero attached hydrogens (tertiary/aromatic N) is 1. The monoisotopic (exact) mass is 367 g/mol. The summed E-state index contributed by atoms with van der Waals surface area (Å²) in [6.07, 6.45) is 1.78. The van der Waals surface area contributed by atoms with Gasteiger partial charge in [0.15, 0.2) is 5.17 Å². The maximum absolute atomic E-state index is 12.2. The molecule has 1 fully saturated rings. The van der Waals surface area contributed by atoms with Gasteiger partial charge in [0.05, 0.1) is 17.7 Å². The first-order valence-corrected chi connectivity index (χ1v) is 8.67. The van der Waals surface area contributed by atoms with Crippen LogP contribution in [0.15, 0.2) is 58.4 Å². The summed E-state index contributed by atoms with van der Waals surface area (Å²) in [5.41, 5.74) is 2.20. The molecule has 3 rings (SSSR count). The van der Waals surface area contributed by atoms with Crippen LogP contribution in [0.3, 0.4) is 0 Å². The van der Waals surface area contributed by atoms with Gasteiger partial charge >= 0.3 is 0 Å². The number of nitrogens with one attached hydrogen (secondary N) is 2. The van der Waals surface area contributed by atoms with E-state index >= 15 is 0 Å². The van der Waals surface area contributed by atoms with Gasteiger partial charge in [0.2, 0.25) is 5.91 Å². The number of anilines is 1. The molecule has 2 N–H and O–H groups in total. The molecule has 7 heteroatoms. The van der Waals surface area contributed by atoms with Crippen molar-refractivity contribution in [3.05, 3.63) is 59.0 Å². The van der Waals surface area contributed by atoms with E-state index in [1.165, 1.54) is 18.7 Å². The van der Waals surface area contributed by atoms with Crippen LogP contribution < -0.4 is 15.4 Å². The number of carbonyl (C=O) groups is 2. The van der Waals surface area contributed by atoms with E-state index < -0.39 is 0 Å². The summed E-state index contributed by atoms with van der Waals surface area (Å²) in [5.74, 6) is 0.371. The van der Waals surface area contributed by atoms with Crippen molar-refractivity contribution in [2.45, 2.75) is 6.92 Å². The van der Waals surface area contributed by atoms with Crippen LogP contribution in [0.1, 0.15) is 12.5 Å². The van der Waals surface area contributed by atoms with E-state index in [1.54, 1.807) is 37.5 Å². The maximum Gasteiger partial charge on any atom is 0.264 e. The minimum absolute atomic E-state index is 0.131. The largest absolute Gasteiger partial charge is 0.496 e. The third-order valence-corrected chi connectivity index (χ3v) is 4.40. The van der Waals surface area contributed by atoms with E-state index in [1.807, 2.05) is 24.3 Å². The van der Waals surface area contributed by atoms with Crippen LogP contribution in [0.2, 0.25) is 0 Å². The van der Waals surface area contributed by atoms with Gasteiger partial charge in [-0.25, -0.2) is 4.99 Å². The van der Waals surface area contributed by atoms with Crippen LogP contribution in [0, 0.1) is 0 Å². The molecule has 2 amide bonds. The molecule has 0 aromatic heterocycles. The molecular weight excluding hydrogens is 350 g/mol. The number of thioether (sulfide) groups is 1. The summed E-state index contributed by atoms with van der Waals surface area (Å²) >= 11 is 1.27. The molecule has 0 unspecified atom stereocenters. The third kappa shape index (κ3) is 4.31. The Morgan fingerprint density at radius 3 is 2.62 bits per heavy atom. The second-order valence-corrected chi connectivity index (χ2v) is 6.48. The van der Waals surface area contributed by atoms with Crippen molar-refractivity contribution in [3.8, 4) is 5.75 Å². The molecule has 1 heterocycles. The number of carbonyl (C=O) groups excluding carboxylic acids is 2. The Morgan fingerprint density at radius 2 is 1.92 bits per heavy atom. The molecule has 2 aromatic carbocycles. The van der Waals surface area contributed by atoms with Gasteiger partial charge in [-0.1, -0.05) is 18.2 Å². The van der Waals surface area contributed by atoms with Crippen molar-refractivity contribution in [1.82, 2.24) is 5.32 Å². The molecule has 1 aliphatic rings. The van der Waals surface area contributed by atoms with E-state index in [2.05, 4.69) is 15.6 Å². The minimum atomic E-state index is -0.200. The molecule has 1 aliphatic heterocycles. The van der Waals surface area contributed by atoms with Crippen LogP contribution in [-0.4, -0.2) is 24.1 Å². The van der Waals surface area contributed by atoms with Crippen LogP contribution in [0.5, 0.6) is 5.75 Å². The smallest absolute Gasteiger partial charge is 0.264 e. The normalized spacial score (nSPS) is 16.6. The van der Waals surface area contributed by atoms with Crippen molar-refractivity contribution in [3.63, 3.8) is 0 Å².